The number of hydrogen-bond acceptors (Lipinski definition) is 3. The van der Waals surface area contributed by atoms with Crippen LogP contribution in [0.4, 0.5) is 4.39 Å². The highest BCUT2D eigenvalue weighted by molar-refractivity contribution is 7.98. The number of hydrogen-bond donors (Lipinski definition) is 1. The van der Waals surface area contributed by atoms with Gasteiger partial charge in [0.1, 0.15) is 11.6 Å². The zero-order valence-corrected chi connectivity index (χ0v) is 13.8. The van der Waals surface area contributed by atoms with Gasteiger partial charge in [0.05, 0.1) is 0 Å². The second-order valence-electron chi connectivity index (χ2n) is 5.04. The first-order chi connectivity index (χ1) is 11.1. The van der Waals surface area contributed by atoms with Gasteiger partial charge in [0, 0.05) is 18.1 Å². The molecule has 0 spiro atoms. The lowest BCUT2D eigenvalue weighted by molar-refractivity contribution is -0.127. The van der Waals surface area contributed by atoms with Gasteiger partial charge in [0.25, 0.3) is 5.91 Å². The summed E-state index contributed by atoms with van der Waals surface area (Å²) in [5.41, 5.74) is 1.27. The van der Waals surface area contributed by atoms with E-state index in [1.807, 2.05) is 18.2 Å². The lowest BCUT2D eigenvalue weighted by Crippen LogP contribution is -2.37. The molecule has 2 rings (SSSR count). The normalized spacial score (nSPS) is 11.7. The minimum absolute atomic E-state index is 0.172. The van der Waals surface area contributed by atoms with E-state index >= 15 is 0 Å². The van der Waals surface area contributed by atoms with Crippen LogP contribution in [0.2, 0.25) is 0 Å². The van der Waals surface area contributed by atoms with Crippen LogP contribution in [0.1, 0.15) is 12.5 Å². The third kappa shape index (κ3) is 6.32. The minimum Gasteiger partial charge on any atom is -0.481 e. The van der Waals surface area contributed by atoms with E-state index in [0.29, 0.717) is 12.3 Å². The Bertz CT molecular complexity index is 604. The number of nitrogens with one attached hydrogen (secondary N) is 1. The van der Waals surface area contributed by atoms with Crippen molar-refractivity contribution >= 4 is 17.7 Å². The number of rotatable bonds is 8. The molecule has 122 valence electrons. The van der Waals surface area contributed by atoms with Crippen LogP contribution in [0.3, 0.4) is 0 Å². The zero-order valence-electron chi connectivity index (χ0n) is 13.0. The number of ether oxygens (including phenoxy) is 1. The number of carbonyl (C=O) groups excluding carboxylic acids is 1. The summed E-state index contributed by atoms with van der Waals surface area (Å²) in [6.45, 7) is 2.27. The van der Waals surface area contributed by atoms with E-state index in [0.717, 1.165) is 11.5 Å². The summed E-state index contributed by atoms with van der Waals surface area (Å²) in [4.78, 5) is 11.9. The number of thioether (sulfide) groups is 1. The highest BCUT2D eigenvalue weighted by Crippen LogP contribution is 2.13. The molecule has 0 saturated carbocycles. The molecule has 3 nitrogen and oxygen atoms in total. The molecule has 0 aliphatic heterocycles. The third-order valence-corrected chi connectivity index (χ3v) is 4.18. The van der Waals surface area contributed by atoms with Crippen LogP contribution in [0, 0.1) is 5.82 Å². The SMILES string of the molecule is C[C@@H](Oc1ccc(F)cc1)C(=O)NCCSCc1ccccc1. The molecule has 1 amide bonds. The van der Waals surface area contributed by atoms with E-state index in [2.05, 4.69) is 17.4 Å². The smallest absolute Gasteiger partial charge is 0.260 e. The highest BCUT2D eigenvalue weighted by Gasteiger charge is 2.13. The van der Waals surface area contributed by atoms with Crippen LogP contribution in [0.5, 0.6) is 5.75 Å². The first kappa shape index (κ1) is 17.3. The van der Waals surface area contributed by atoms with Gasteiger partial charge in [0.2, 0.25) is 0 Å². The van der Waals surface area contributed by atoms with Gasteiger partial charge < -0.3 is 10.1 Å². The van der Waals surface area contributed by atoms with Gasteiger partial charge in [-0.15, -0.1) is 0 Å². The van der Waals surface area contributed by atoms with Crippen LogP contribution in [0.25, 0.3) is 0 Å². The van der Waals surface area contributed by atoms with Crippen LogP contribution in [0.15, 0.2) is 54.6 Å². The van der Waals surface area contributed by atoms with Crippen molar-refractivity contribution in [3.8, 4) is 5.75 Å². The molecule has 2 aromatic rings. The Labute approximate surface area is 140 Å². The van der Waals surface area contributed by atoms with E-state index in [1.165, 1.54) is 29.8 Å². The molecule has 0 radical (unpaired) electrons. The van der Waals surface area contributed by atoms with Crippen molar-refractivity contribution in [2.75, 3.05) is 12.3 Å². The fourth-order valence-corrected chi connectivity index (χ4v) is 2.74. The predicted octanol–water partition coefficient (Wildman–Crippen LogP) is 3.64. The van der Waals surface area contributed by atoms with Crippen molar-refractivity contribution < 1.29 is 13.9 Å². The Morgan fingerprint density at radius 1 is 1.17 bits per heavy atom. The molecule has 0 aliphatic carbocycles. The van der Waals surface area contributed by atoms with Gasteiger partial charge in [0.15, 0.2) is 6.10 Å². The second-order valence-corrected chi connectivity index (χ2v) is 6.15. The molecule has 1 N–H and O–H groups in total. The molecule has 0 bridgehead atoms. The van der Waals surface area contributed by atoms with Crippen LogP contribution in [-0.2, 0) is 10.5 Å². The lowest BCUT2D eigenvalue weighted by Gasteiger charge is -2.14. The molecule has 2 aromatic carbocycles. The van der Waals surface area contributed by atoms with Gasteiger partial charge in [-0.3, -0.25) is 4.79 Å². The lowest BCUT2D eigenvalue weighted by atomic mass is 10.2. The van der Waals surface area contributed by atoms with Gasteiger partial charge in [-0.2, -0.15) is 11.8 Å². The average Bonchev–Trinajstić information content (AvgIpc) is 2.57. The monoisotopic (exact) mass is 333 g/mol. The van der Waals surface area contributed by atoms with Crippen LogP contribution < -0.4 is 10.1 Å². The van der Waals surface area contributed by atoms with E-state index in [9.17, 15) is 9.18 Å². The summed E-state index contributed by atoms with van der Waals surface area (Å²) >= 11 is 1.77. The van der Waals surface area contributed by atoms with E-state index in [4.69, 9.17) is 4.74 Å². The number of carbonyl (C=O) groups is 1. The molecule has 0 saturated heterocycles. The highest BCUT2D eigenvalue weighted by atomic mass is 32.2. The van der Waals surface area contributed by atoms with Crippen molar-refractivity contribution in [3.63, 3.8) is 0 Å². The number of amides is 1. The molecule has 0 aliphatic rings. The number of benzene rings is 2. The van der Waals surface area contributed by atoms with Gasteiger partial charge in [-0.05, 0) is 36.8 Å². The van der Waals surface area contributed by atoms with Crippen molar-refractivity contribution in [2.45, 2.75) is 18.8 Å². The summed E-state index contributed by atoms with van der Waals surface area (Å²) in [5, 5.41) is 2.84. The molecular weight excluding hydrogens is 313 g/mol. The molecule has 1 atom stereocenters. The van der Waals surface area contributed by atoms with E-state index in [1.54, 1.807) is 18.7 Å². The Hall–Kier alpha value is -2.01. The predicted molar refractivity (Wildman–Crippen MR) is 92.1 cm³/mol. The van der Waals surface area contributed by atoms with Crippen LogP contribution >= 0.6 is 11.8 Å². The fourth-order valence-electron chi connectivity index (χ4n) is 1.93. The van der Waals surface area contributed by atoms with Gasteiger partial charge in [-0.1, -0.05) is 30.3 Å². The third-order valence-electron chi connectivity index (χ3n) is 3.15. The van der Waals surface area contributed by atoms with Crippen LogP contribution in [-0.4, -0.2) is 24.3 Å². The van der Waals surface area contributed by atoms with Gasteiger partial charge in [-0.25, -0.2) is 4.39 Å². The van der Waals surface area contributed by atoms with E-state index < -0.39 is 6.10 Å². The topological polar surface area (TPSA) is 38.3 Å². The Kier molecular flexibility index (Phi) is 6.94. The Balaban J connectivity index is 1.63. The summed E-state index contributed by atoms with van der Waals surface area (Å²) < 4.78 is 18.3. The minimum atomic E-state index is -0.611. The van der Waals surface area contributed by atoms with Crippen molar-refractivity contribution in [1.82, 2.24) is 5.32 Å². The Morgan fingerprint density at radius 2 is 1.87 bits per heavy atom. The van der Waals surface area contributed by atoms with Crippen molar-refractivity contribution in [3.05, 3.63) is 66.0 Å². The average molecular weight is 333 g/mol. The zero-order chi connectivity index (χ0) is 16.5. The maximum Gasteiger partial charge on any atom is 0.260 e. The Morgan fingerprint density at radius 3 is 2.57 bits per heavy atom. The standard InChI is InChI=1S/C18H20FNO2S/c1-14(22-17-9-7-16(19)8-10-17)18(21)20-11-12-23-13-15-5-3-2-4-6-15/h2-10,14H,11-13H2,1H3,(H,20,21)/t14-/m1/s1. The first-order valence-electron chi connectivity index (χ1n) is 7.47. The largest absolute Gasteiger partial charge is 0.481 e. The molecule has 0 heterocycles. The number of halogens is 1. The van der Waals surface area contributed by atoms with Gasteiger partial charge >= 0.3 is 0 Å². The molecular formula is C18H20FNO2S. The summed E-state index contributed by atoms with van der Waals surface area (Å²) in [6, 6.07) is 15.8. The van der Waals surface area contributed by atoms with Crippen molar-refractivity contribution in [2.24, 2.45) is 0 Å². The van der Waals surface area contributed by atoms with E-state index in [-0.39, 0.29) is 11.7 Å². The molecule has 0 aromatic heterocycles. The molecule has 23 heavy (non-hydrogen) atoms. The quantitative estimate of drug-likeness (QED) is 0.750. The second kappa shape index (κ2) is 9.20. The summed E-state index contributed by atoms with van der Waals surface area (Å²) in [7, 11) is 0. The fraction of sp³-hybridized carbons (Fsp3) is 0.278. The molecule has 0 unspecified atom stereocenters. The van der Waals surface area contributed by atoms with Crippen molar-refractivity contribution in [1.29, 1.82) is 0 Å². The molecule has 0 fully saturated rings. The summed E-state index contributed by atoms with van der Waals surface area (Å²) in [5.74, 6) is 1.74. The molecule has 5 heteroatoms. The first-order valence-corrected chi connectivity index (χ1v) is 8.62. The summed E-state index contributed by atoms with van der Waals surface area (Å²) in [6.07, 6.45) is -0.611. The maximum atomic E-state index is 12.8. The maximum absolute atomic E-state index is 12.8.